The molecule has 0 spiro atoms. The number of methoxy groups -OCH3 is 1. The van der Waals surface area contributed by atoms with Crippen LogP contribution in [0.15, 0.2) is 36.5 Å². The Morgan fingerprint density at radius 2 is 1.96 bits per heavy atom. The van der Waals surface area contributed by atoms with Crippen LogP contribution in [0.5, 0.6) is 5.75 Å². The summed E-state index contributed by atoms with van der Waals surface area (Å²) in [6.45, 7) is 2.73. The van der Waals surface area contributed by atoms with Crippen LogP contribution in [0.2, 0.25) is 0 Å². The minimum Gasteiger partial charge on any atom is -0.497 e. The van der Waals surface area contributed by atoms with E-state index < -0.39 is 0 Å². The van der Waals surface area contributed by atoms with E-state index >= 15 is 0 Å². The van der Waals surface area contributed by atoms with Crippen molar-refractivity contribution in [3.63, 3.8) is 0 Å². The lowest BCUT2D eigenvalue weighted by molar-refractivity contribution is 0.00828. The average molecular weight is 358 g/mol. The van der Waals surface area contributed by atoms with Gasteiger partial charge in [-0.1, -0.05) is 0 Å². The van der Waals surface area contributed by atoms with Gasteiger partial charge in [0.25, 0.3) is 5.91 Å². The minimum atomic E-state index is -0.0299. The van der Waals surface area contributed by atoms with Gasteiger partial charge in [0.1, 0.15) is 5.75 Å². The molecule has 1 aromatic heterocycles. The van der Waals surface area contributed by atoms with Gasteiger partial charge in [0.05, 0.1) is 18.9 Å². The Kier molecular flexibility index (Phi) is 6.25. The number of aromatic nitrogens is 2. The van der Waals surface area contributed by atoms with Gasteiger partial charge in [-0.15, -0.1) is 0 Å². The first kappa shape index (κ1) is 18.4. The van der Waals surface area contributed by atoms with Crippen molar-refractivity contribution in [3.8, 4) is 11.4 Å². The Hall–Kier alpha value is -2.38. The molecule has 7 heteroatoms. The highest BCUT2D eigenvalue weighted by Gasteiger charge is 2.25. The van der Waals surface area contributed by atoms with Gasteiger partial charge in [-0.2, -0.15) is 5.10 Å². The number of ether oxygens (including phenoxy) is 2. The van der Waals surface area contributed by atoms with Crippen molar-refractivity contribution in [2.45, 2.75) is 25.4 Å². The molecular weight excluding hydrogens is 332 g/mol. The molecule has 0 atom stereocenters. The van der Waals surface area contributed by atoms with Crippen molar-refractivity contribution >= 4 is 5.91 Å². The number of carbonyl (C=O) groups excluding carboxylic acids is 1. The number of benzene rings is 1. The summed E-state index contributed by atoms with van der Waals surface area (Å²) in [7, 11) is 1.63. The fourth-order valence-electron chi connectivity index (χ4n) is 3.04. The van der Waals surface area contributed by atoms with Crippen LogP contribution in [-0.2, 0) is 4.74 Å². The van der Waals surface area contributed by atoms with Crippen molar-refractivity contribution in [3.05, 3.63) is 42.2 Å². The predicted molar refractivity (Wildman–Crippen MR) is 98.7 cm³/mol. The Labute approximate surface area is 153 Å². The third kappa shape index (κ3) is 4.42. The largest absolute Gasteiger partial charge is 0.497 e. The normalized spacial score (nSPS) is 15.2. The van der Waals surface area contributed by atoms with Crippen LogP contribution in [-0.4, -0.2) is 60.0 Å². The van der Waals surface area contributed by atoms with Gasteiger partial charge in [-0.05, 0) is 56.1 Å². The van der Waals surface area contributed by atoms with Gasteiger partial charge < -0.3 is 20.1 Å². The van der Waals surface area contributed by atoms with Crippen LogP contribution in [0.4, 0.5) is 0 Å². The first-order chi connectivity index (χ1) is 12.7. The van der Waals surface area contributed by atoms with E-state index in [0.29, 0.717) is 31.9 Å². The van der Waals surface area contributed by atoms with E-state index in [4.69, 9.17) is 15.2 Å². The van der Waals surface area contributed by atoms with Gasteiger partial charge in [-0.3, -0.25) is 4.79 Å². The number of carbonyl (C=O) groups is 1. The molecule has 2 heterocycles. The molecule has 26 heavy (non-hydrogen) atoms. The lowest BCUT2D eigenvalue weighted by Crippen LogP contribution is -2.41. The monoisotopic (exact) mass is 358 g/mol. The summed E-state index contributed by atoms with van der Waals surface area (Å²) in [6, 6.07) is 9.31. The third-order valence-corrected chi connectivity index (χ3v) is 4.58. The molecule has 0 bridgehead atoms. The topological polar surface area (TPSA) is 82.6 Å². The molecule has 1 aliphatic rings. The number of amides is 1. The summed E-state index contributed by atoms with van der Waals surface area (Å²) in [5, 5.41) is 4.43. The SMILES string of the molecule is COc1ccc(-n2ccc(C(=O)N3CCC(OCCCN)CC3)n2)cc1. The van der Waals surface area contributed by atoms with Gasteiger partial charge in [0, 0.05) is 25.9 Å². The van der Waals surface area contributed by atoms with E-state index in [9.17, 15) is 4.79 Å². The quantitative estimate of drug-likeness (QED) is 0.764. The fourth-order valence-corrected chi connectivity index (χ4v) is 3.04. The van der Waals surface area contributed by atoms with E-state index in [2.05, 4.69) is 5.10 Å². The maximum Gasteiger partial charge on any atom is 0.274 e. The number of hydrogen-bond acceptors (Lipinski definition) is 5. The smallest absolute Gasteiger partial charge is 0.274 e. The van der Waals surface area contributed by atoms with Crippen molar-refractivity contribution in [1.29, 1.82) is 0 Å². The number of likely N-dealkylation sites (tertiary alicyclic amines) is 1. The molecule has 2 N–H and O–H groups in total. The third-order valence-electron chi connectivity index (χ3n) is 4.58. The summed E-state index contributed by atoms with van der Waals surface area (Å²) in [5.74, 6) is 0.756. The first-order valence-electron chi connectivity index (χ1n) is 9.02. The Balaban J connectivity index is 1.56. The van der Waals surface area contributed by atoms with Crippen LogP contribution < -0.4 is 10.5 Å². The molecule has 0 radical (unpaired) electrons. The van der Waals surface area contributed by atoms with E-state index in [1.165, 1.54) is 0 Å². The van der Waals surface area contributed by atoms with E-state index in [0.717, 1.165) is 30.7 Å². The van der Waals surface area contributed by atoms with Gasteiger partial charge in [0.15, 0.2) is 5.69 Å². The van der Waals surface area contributed by atoms with E-state index in [-0.39, 0.29) is 12.0 Å². The molecule has 1 saturated heterocycles. The average Bonchev–Trinajstić information content (AvgIpc) is 3.18. The molecule has 2 aromatic rings. The molecule has 0 unspecified atom stereocenters. The highest BCUT2D eigenvalue weighted by molar-refractivity contribution is 5.92. The Morgan fingerprint density at radius 1 is 1.23 bits per heavy atom. The molecule has 0 saturated carbocycles. The minimum absolute atomic E-state index is 0.0299. The molecular formula is C19H26N4O3. The summed E-state index contributed by atoms with van der Waals surface area (Å²) in [6.07, 6.45) is 4.62. The summed E-state index contributed by atoms with van der Waals surface area (Å²) >= 11 is 0. The first-order valence-corrected chi connectivity index (χ1v) is 9.02. The van der Waals surface area contributed by atoms with Crippen molar-refractivity contribution < 1.29 is 14.3 Å². The second-order valence-electron chi connectivity index (χ2n) is 6.35. The number of piperidine rings is 1. The molecule has 3 rings (SSSR count). The lowest BCUT2D eigenvalue weighted by Gasteiger charge is -2.31. The maximum atomic E-state index is 12.7. The number of hydrogen-bond donors (Lipinski definition) is 1. The highest BCUT2D eigenvalue weighted by Crippen LogP contribution is 2.18. The molecule has 0 aliphatic carbocycles. The zero-order chi connectivity index (χ0) is 18.4. The fraction of sp³-hybridized carbons (Fsp3) is 0.474. The summed E-state index contributed by atoms with van der Waals surface area (Å²) in [4.78, 5) is 14.5. The van der Waals surface area contributed by atoms with Gasteiger partial charge >= 0.3 is 0 Å². The number of rotatable bonds is 7. The molecule has 1 fully saturated rings. The maximum absolute atomic E-state index is 12.7. The molecule has 1 aromatic carbocycles. The van der Waals surface area contributed by atoms with E-state index in [1.807, 2.05) is 29.2 Å². The highest BCUT2D eigenvalue weighted by atomic mass is 16.5. The van der Waals surface area contributed by atoms with Gasteiger partial charge in [-0.25, -0.2) is 4.68 Å². The zero-order valence-electron chi connectivity index (χ0n) is 15.1. The van der Waals surface area contributed by atoms with Crippen LogP contribution >= 0.6 is 0 Å². The number of nitrogens with two attached hydrogens (primary N) is 1. The Morgan fingerprint density at radius 3 is 2.62 bits per heavy atom. The van der Waals surface area contributed by atoms with Crippen LogP contribution in [0.3, 0.4) is 0 Å². The zero-order valence-corrected chi connectivity index (χ0v) is 15.1. The van der Waals surface area contributed by atoms with Crippen molar-refractivity contribution in [2.24, 2.45) is 5.73 Å². The molecule has 1 aliphatic heterocycles. The second kappa shape index (κ2) is 8.82. The van der Waals surface area contributed by atoms with Crippen LogP contribution in [0.1, 0.15) is 29.8 Å². The van der Waals surface area contributed by atoms with Crippen molar-refractivity contribution in [1.82, 2.24) is 14.7 Å². The molecule has 140 valence electrons. The van der Waals surface area contributed by atoms with Gasteiger partial charge in [0.2, 0.25) is 0 Å². The van der Waals surface area contributed by atoms with Crippen LogP contribution in [0.25, 0.3) is 5.69 Å². The predicted octanol–water partition coefficient (Wildman–Crippen LogP) is 1.85. The Bertz CT molecular complexity index is 706. The summed E-state index contributed by atoms with van der Waals surface area (Å²) in [5.41, 5.74) is 6.83. The molecule has 7 nitrogen and oxygen atoms in total. The van der Waals surface area contributed by atoms with E-state index in [1.54, 1.807) is 24.1 Å². The summed E-state index contributed by atoms with van der Waals surface area (Å²) < 4.78 is 12.7. The lowest BCUT2D eigenvalue weighted by atomic mass is 10.1. The molecule has 1 amide bonds. The second-order valence-corrected chi connectivity index (χ2v) is 6.35. The number of nitrogens with zero attached hydrogens (tertiary/aromatic N) is 3. The van der Waals surface area contributed by atoms with Crippen LogP contribution in [0, 0.1) is 0 Å². The standard InChI is InChI=1S/C19H26N4O3/c1-25-16-5-3-15(4-6-16)23-13-9-18(21-23)19(24)22-11-7-17(8-12-22)26-14-2-10-20/h3-6,9,13,17H,2,7-8,10-12,14,20H2,1H3. The van der Waals surface area contributed by atoms with Crippen molar-refractivity contribution in [2.75, 3.05) is 33.4 Å².